The van der Waals surface area contributed by atoms with Gasteiger partial charge >= 0.3 is 5.97 Å². The summed E-state index contributed by atoms with van der Waals surface area (Å²) in [4.78, 5) is 16.4. The summed E-state index contributed by atoms with van der Waals surface area (Å²) in [5, 5.41) is 0. The monoisotopic (exact) mass is 280 g/mol. The quantitative estimate of drug-likeness (QED) is 0.690. The lowest BCUT2D eigenvalue weighted by atomic mass is 10.1. The summed E-state index contributed by atoms with van der Waals surface area (Å²) in [6.07, 6.45) is 0. The number of ether oxygens (including phenoxy) is 1. The van der Waals surface area contributed by atoms with Crippen LogP contribution in [0.4, 0.5) is 0 Å². The van der Waals surface area contributed by atoms with E-state index in [1.807, 2.05) is 36.4 Å². The minimum absolute atomic E-state index is 0.337. The number of imidazole rings is 1. The summed E-state index contributed by atoms with van der Waals surface area (Å²) in [6.45, 7) is 2.90. The summed E-state index contributed by atoms with van der Waals surface area (Å²) in [5.74, 6) is 0.528. The predicted molar refractivity (Wildman–Crippen MR) is 82.2 cm³/mol. The Hall–Kier alpha value is -2.62. The van der Waals surface area contributed by atoms with Crippen molar-refractivity contribution in [2.24, 2.45) is 0 Å². The molecule has 21 heavy (non-hydrogen) atoms. The van der Waals surface area contributed by atoms with E-state index in [-0.39, 0.29) is 5.97 Å². The fourth-order valence-corrected chi connectivity index (χ4v) is 2.52. The molecule has 3 aromatic rings. The van der Waals surface area contributed by atoms with Crippen LogP contribution < -0.4 is 0 Å². The molecule has 0 amide bonds. The zero-order valence-corrected chi connectivity index (χ0v) is 12.0. The van der Waals surface area contributed by atoms with E-state index in [4.69, 9.17) is 9.72 Å². The van der Waals surface area contributed by atoms with Crippen molar-refractivity contribution < 1.29 is 9.53 Å². The lowest BCUT2D eigenvalue weighted by Crippen LogP contribution is -2.02. The van der Waals surface area contributed by atoms with Crippen molar-refractivity contribution in [1.82, 2.24) is 9.55 Å². The van der Waals surface area contributed by atoms with E-state index in [0.29, 0.717) is 5.56 Å². The Morgan fingerprint density at radius 1 is 1.19 bits per heavy atom. The number of methoxy groups -OCH3 is 1. The minimum Gasteiger partial charge on any atom is -0.465 e. The highest BCUT2D eigenvalue weighted by atomic mass is 16.5. The number of para-hydroxylation sites is 2. The van der Waals surface area contributed by atoms with Gasteiger partial charge in [0.1, 0.15) is 5.82 Å². The van der Waals surface area contributed by atoms with Crippen LogP contribution in [0.25, 0.3) is 22.4 Å². The fourth-order valence-electron chi connectivity index (χ4n) is 2.52. The van der Waals surface area contributed by atoms with E-state index >= 15 is 0 Å². The highest BCUT2D eigenvalue weighted by Gasteiger charge is 2.13. The Bertz CT molecular complexity index is 805. The van der Waals surface area contributed by atoms with Gasteiger partial charge in [0.05, 0.1) is 23.7 Å². The Labute approximate surface area is 123 Å². The molecule has 0 N–H and O–H groups in total. The Balaban J connectivity index is 2.18. The van der Waals surface area contributed by atoms with Crippen LogP contribution in [-0.4, -0.2) is 22.6 Å². The number of nitrogens with zero attached hydrogens (tertiary/aromatic N) is 2. The molecule has 0 aliphatic heterocycles. The van der Waals surface area contributed by atoms with E-state index in [1.165, 1.54) is 7.11 Å². The van der Waals surface area contributed by atoms with Crippen molar-refractivity contribution in [2.45, 2.75) is 13.5 Å². The number of esters is 1. The number of aryl methyl sites for hydroxylation is 1. The number of benzene rings is 2. The molecule has 1 aromatic heterocycles. The number of carbonyl (C=O) groups excluding carboxylic acids is 1. The SMILES string of the molecule is CCn1c(-c2cccc(C(=O)OC)c2)nc2ccccc21. The van der Waals surface area contributed by atoms with Gasteiger partial charge in [-0.05, 0) is 31.2 Å². The molecular formula is C17H16N2O2. The minimum atomic E-state index is -0.337. The van der Waals surface area contributed by atoms with E-state index in [2.05, 4.69) is 17.6 Å². The van der Waals surface area contributed by atoms with Crippen molar-refractivity contribution in [3.05, 3.63) is 54.1 Å². The first kappa shape index (κ1) is 13.4. The number of hydrogen-bond acceptors (Lipinski definition) is 3. The molecule has 0 aliphatic rings. The summed E-state index contributed by atoms with van der Waals surface area (Å²) < 4.78 is 6.92. The van der Waals surface area contributed by atoms with Gasteiger partial charge in [-0.15, -0.1) is 0 Å². The number of carbonyl (C=O) groups is 1. The van der Waals surface area contributed by atoms with Gasteiger partial charge in [0.15, 0.2) is 0 Å². The van der Waals surface area contributed by atoms with Crippen molar-refractivity contribution in [3.8, 4) is 11.4 Å². The van der Waals surface area contributed by atoms with Crippen LogP contribution in [0.2, 0.25) is 0 Å². The molecule has 0 aliphatic carbocycles. The van der Waals surface area contributed by atoms with Crippen LogP contribution in [0.1, 0.15) is 17.3 Å². The summed E-state index contributed by atoms with van der Waals surface area (Å²) in [7, 11) is 1.39. The first-order chi connectivity index (χ1) is 10.2. The third kappa shape index (κ3) is 2.29. The van der Waals surface area contributed by atoms with Crippen LogP contribution in [0.3, 0.4) is 0 Å². The van der Waals surface area contributed by atoms with Gasteiger partial charge in [0.2, 0.25) is 0 Å². The average molecular weight is 280 g/mol. The normalized spacial score (nSPS) is 10.8. The maximum atomic E-state index is 11.7. The Morgan fingerprint density at radius 3 is 2.76 bits per heavy atom. The van der Waals surface area contributed by atoms with Gasteiger partial charge in [0, 0.05) is 12.1 Å². The van der Waals surface area contributed by atoms with Gasteiger partial charge in [-0.3, -0.25) is 0 Å². The zero-order valence-electron chi connectivity index (χ0n) is 12.0. The van der Waals surface area contributed by atoms with Crippen LogP contribution in [0.15, 0.2) is 48.5 Å². The number of aromatic nitrogens is 2. The lowest BCUT2D eigenvalue weighted by molar-refractivity contribution is 0.0601. The highest BCUT2D eigenvalue weighted by molar-refractivity contribution is 5.91. The van der Waals surface area contributed by atoms with Crippen LogP contribution in [-0.2, 0) is 11.3 Å². The summed E-state index contributed by atoms with van der Waals surface area (Å²) >= 11 is 0. The van der Waals surface area contributed by atoms with E-state index in [9.17, 15) is 4.79 Å². The molecule has 0 saturated carbocycles. The molecule has 1 heterocycles. The zero-order chi connectivity index (χ0) is 14.8. The molecule has 3 rings (SSSR count). The average Bonchev–Trinajstić information content (AvgIpc) is 2.92. The van der Waals surface area contributed by atoms with E-state index < -0.39 is 0 Å². The van der Waals surface area contributed by atoms with Crippen LogP contribution >= 0.6 is 0 Å². The number of fused-ring (bicyclic) bond motifs is 1. The smallest absolute Gasteiger partial charge is 0.337 e. The van der Waals surface area contributed by atoms with Gasteiger partial charge in [-0.2, -0.15) is 0 Å². The van der Waals surface area contributed by atoms with Crippen LogP contribution in [0.5, 0.6) is 0 Å². The lowest BCUT2D eigenvalue weighted by Gasteiger charge is -2.07. The van der Waals surface area contributed by atoms with Crippen molar-refractivity contribution in [3.63, 3.8) is 0 Å². The van der Waals surface area contributed by atoms with E-state index in [1.54, 1.807) is 6.07 Å². The van der Waals surface area contributed by atoms with Crippen molar-refractivity contribution >= 4 is 17.0 Å². The van der Waals surface area contributed by atoms with Gasteiger partial charge in [0.25, 0.3) is 0 Å². The molecule has 2 aromatic carbocycles. The molecular weight excluding hydrogens is 264 g/mol. The second kappa shape index (κ2) is 5.40. The highest BCUT2D eigenvalue weighted by Crippen LogP contribution is 2.25. The van der Waals surface area contributed by atoms with Gasteiger partial charge in [-0.1, -0.05) is 24.3 Å². The number of rotatable bonds is 3. The molecule has 0 atom stereocenters. The van der Waals surface area contributed by atoms with Crippen molar-refractivity contribution in [2.75, 3.05) is 7.11 Å². The predicted octanol–water partition coefficient (Wildman–Crippen LogP) is 3.51. The molecule has 4 heteroatoms. The maximum absolute atomic E-state index is 11.7. The second-order valence-corrected chi connectivity index (χ2v) is 4.74. The molecule has 0 radical (unpaired) electrons. The van der Waals surface area contributed by atoms with Crippen molar-refractivity contribution in [1.29, 1.82) is 0 Å². The van der Waals surface area contributed by atoms with Crippen LogP contribution in [0, 0.1) is 0 Å². The van der Waals surface area contributed by atoms with Gasteiger partial charge in [-0.25, -0.2) is 9.78 Å². The molecule has 0 fully saturated rings. The molecule has 106 valence electrons. The third-order valence-electron chi connectivity index (χ3n) is 3.51. The van der Waals surface area contributed by atoms with Gasteiger partial charge < -0.3 is 9.30 Å². The first-order valence-corrected chi connectivity index (χ1v) is 6.88. The molecule has 4 nitrogen and oxygen atoms in total. The third-order valence-corrected chi connectivity index (χ3v) is 3.51. The summed E-state index contributed by atoms with van der Waals surface area (Å²) in [6, 6.07) is 15.4. The molecule has 0 unspecified atom stereocenters. The Kier molecular flexibility index (Phi) is 3.44. The van der Waals surface area contributed by atoms with E-state index in [0.717, 1.165) is 29.0 Å². The number of hydrogen-bond donors (Lipinski definition) is 0. The first-order valence-electron chi connectivity index (χ1n) is 6.88. The largest absolute Gasteiger partial charge is 0.465 e. The molecule has 0 bridgehead atoms. The molecule has 0 spiro atoms. The summed E-state index contributed by atoms with van der Waals surface area (Å²) in [5.41, 5.74) is 3.50. The maximum Gasteiger partial charge on any atom is 0.337 e. The molecule has 0 saturated heterocycles. The fraction of sp³-hybridized carbons (Fsp3) is 0.176. The standard InChI is InChI=1S/C17H16N2O2/c1-3-19-15-10-5-4-9-14(15)18-16(19)12-7-6-8-13(11-12)17(20)21-2/h4-11H,3H2,1-2H3. The second-order valence-electron chi connectivity index (χ2n) is 4.74. The topological polar surface area (TPSA) is 44.1 Å². The Morgan fingerprint density at radius 2 is 2.00 bits per heavy atom.